The Balaban J connectivity index is 4.49. The van der Waals surface area contributed by atoms with Crippen LogP contribution in [0.3, 0.4) is 0 Å². The minimum absolute atomic E-state index is 0.0996. The summed E-state index contributed by atoms with van der Waals surface area (Å²) in [6.45, 7) is 6.42. The highest BCUT2D eigenvalue weighted by molar-refractivity contribution is 5.71. The molecule has 0 N–H and O–H groups in total. The molecule has 0 spiro atoms. The predicted molar refractivity (Wildman–Crippen MR) is 284 cm³/mol. The van der Waals surface area contributed by atoms with Gasteiger partial charge in [0.2, 0.25) is 0 Å². The summed E-state index contributed by atoms with van der Waals surface area (Å²) < 4.78 is 16.8. The molecule has 0 fully saturated rings. The molecule has 6 nitrogen and oxygen atoms in total. The molecule has 0 aliphatic heterocycles. The van der Waals surface area contributed by atoms with Gasteiger partial charge in [-0.1, -0.05) is 227 Å². The summed E-state index contributed by atoms with van der Waals surface area (Å²) in [5, 5.41) is 0. The van der Waals surface area contributed by atoms with Gasteiger partial charge in [0.05, 0.1) is 0 Å². The first-order valence-corrected chi connectivity index (χ1v) is 27.3. The maximum Gasteiger partial charge on any atom is 0.306 e. The normalized spacial score (nSPS) is 12.8. The SMILES string of the molecule is CC\C=C/C=C\C=C/C=C\C=C/CCCCCC(=O)OCC(COC(=O)CCCCCCCCC/C=C\C/C=C\CCCCC)OC(=O)CCCCCCC/C=C\CCCCCCCCC. The molecule has 0 aliphatic carbocycles. The zero-order valence-corrected chi connectivity index (χ0v) is 42.9. The van der Waals surface area contributed by atoms with Gasteiger partial charge in [-0.3, -0.25) is 14.4 Å². The highest BCUT2D eigenvalue weighted by atomic mass is 16.6. The molecule has 1 atom stereocenters. The standard InChI is InChI=1S/C60H100O6/c1-4-7-10-13-16-19-22-25-28-30-33-35-38-41-44-47-50-53-59(62)65-56-57(55-64-58(61)52-49-46-43-40-37-34-31-27-24-21-18-15-12-9-6-3)66-60(63)54-51-48-45-42-39-36-32-29-26-23-20-17-14-11-8-5-2/h9,12,15-16,18-19,21,24-25,27-29,31-32,34,37,57H,4-8,10-11,13-14,17,20,22-23,26,30,33,35-36,38-56H2,1-3H3/b12-9-,18-15-,19-16-,24-21-,28-25-,31-27-,32-29-,37-34-. The highest BCUT2D eigenvalue weighted by Crippen LogP contribution is 2.14. The van der Waals surface area contributed by atoms with Gasteiger partial charge in [0.15, 0.2) is 6.10 Å². The van der Waals surface area contributed by atoms with E-state index >= 15 is 0 Å². The van der Waals surface area contributed by atoms with Crippen molar-refractivity contribution in [1.82, 2.24) is 0 Å². The van der Waals surface area contributed by atoms with E-state index < -0.39 is 6.10 Å². The van der Waals surface area contributed by atoms with Crippen molar-refractivity contribution >= 4 is 17.9 Å². The first-order chi connectivity index (χ1) is 32.5. The molecule has 1 unspecified atom stereocenters. The van der Waals surface area contributed by atoms with E-state index in [9.17, 15) is 14.4 Å². The number of allylic oxidation sites excluding steroid dienone is 16. The summed E-state index contributed by atoms with van der Waals surface area (Å²) in [7, 11) is 0. The van der Waals surface area contributed by atoms with Crippen molar-refractivity contribution in [3.8, 4) is 0 Å². The van der Waals surface area contributed by atoms with E-state index in [1.54, 1.807) is 0 Å². The first-order valence-electron chi connectivity index (χ1n) is 27.3. The Morgan fingerprint density at radius 2 is 0.652 bits per heavy atom. The fraction of sp³-hybridized carbons (Fsp3) is 0.683. The van der Waals surface area contributed by atoms with Crippen LogP contribution in [0.2, 0.25) is 0 Å². The smallest absolute Gasteiger partial charge is 0.306 e. The average Bonchev–Trinajstić information content (AvgIpc) is 3.31. The van der Waals surface area contributed by atoms with E-state index in [-0.39, 0.29) is 31.1 Å². The number of unbranched alkanes of at least 4 members (excludes halogenated alkanes) is 25. The van der Waals surface area contributed by atoms with E-state index in [0.717, 1.165) is 96.3 Å². The molecule has 0 aliphatic rings. The molecule has 0 aromatic carbocycles. The van der Waals surface area contributed by atoms with E-state index in [1.165, 1.54) is 109 Å². The molecule has 0 amide bonds. The lowest BCUT2D eigenvalue weighted by Gasteiger charge is -2.18. The molecule has 0 radical (unpaired) electrons. The van der Waals surface area contributed by atoms with Gasteiger partial charge >= 0.3 is 17.9 Å². The van der Waals surface area contributed by atoms with Crippen LogP contribution in [0.15, 0.2) is 97.2 Å². The van der Waals surface area contributed by atoms with Crippen molar-refractivity contribution in [3.63, 3.8) is 0 Å². The summed E-state index contributed by atoms with van der Waals surface area (Å²) in [5.41, 5.74) is 0. The van der Waals surface area contributed by atoms with Crippen molar-refractivity contribution in [3.05, 3.63) is 97.2 Å². The van der Waals surface area contributed by atoms with Crippen LogP contribution in [0.5, 0.6) is 0 Å². The lowest BCUT2D eigenvalue weighted by molar-refractivity contribution is -0.167. The van der Waals surface area contributed by atoms with E-state index in [0.29, 0.717) is 19.3 Å². The quantitative estimate of drug-likeness (QED) is 0.0199. The third-order valence-electron chi connectivity index (χ3n) is 11.4. The first kappa shape index (κ1) is 62.3. The summed E-state index contributed by atoms with van der Waals surface area (Å²) >= 11 is 0. The second-order valence-electron chi connectivity index (χ2n) is 17.9. The molecule has 376 valence electrons. The van der Waals surface area contributed by atoms with Gasteiger partial charge in [-0.25, -0.2) is 0 Å². The average molecular weight is 917 g/mol. The van der Waals surface area contributed by atoms with E-state index in [4.69, 9.17) is 14.2 Å². The molecule has 0 aromatic heterocycles. The molecule has 0 bridgehead atoms. The Hall–Kier alpha value is -3.67. The molecule has 0 aromatic rings. The summed E-state index contributed by atoms with van der Waals surface area (Å²) in [6, 6.07) is 0. The number of hydrogen-bond donors (Lipinski definition) is 0. The summed E-state index contributed by atoms with van der Waals surface area (Å²) in [5.74, 6) is -0.958. The maximum atomic E-state index is 12.8. The minimum Gasteiger partial charge on any atom is -0.462 e. The molecular formula is C60H100O6. The van der Waals surface area contributed by atoms with Crippen molar-refractivity contribution < 1.29 is 28.6 Å². The predicted octanol–water partition coefficient (Wildman–Crippen LogP) is 18.1. The lowest BCUT2D eigenvalue weighted by atomic mass is 10.1. The van der Waals surface area contributed by atoms with Crippen LogP contribution in [-0.2, 0) is 28.6 Å². The molecule has 0 rings (SSSR count). The molecule has 0 saturated carbocycles. The van der Waals surface area contributed by atoms with Gasteiger partial charge in [0, 0.05) is 19.3 Å². The van der Waals surface area contributed by atoms with Crippen LogP contribution in [0.4, 0.5) is 0 Å². The number of rotatable bonds is 48. The topological polar surface area (TPSA) is 78.9 Å². The van der Waals surface area contributed by atoms with Crippen molar-refractivity contribution in [2.75, 3.05) is 13.2 Å². The summed E-state index contributed by atoms with van der Waals surface area (Å²) in [6.07, 6.45) is 71.0. The van der Waals surface area contributed by atoms with E-state index in [2.05, 4.69) is 69.4 Å². The van der Waals surface area contributed by atoms with Gasteiger partial charge in [-0.2, -0.15) is 0 Å². The number of ether oxygens (including phenoxy) is 3. The number of carbonyl (C=O) groups is 3. The van der Waals surface area contributed by atoms with Crippen LogP contribution in [0.25, 0.3) is 0 Å². The minimum atomic E-state index is -0.804. The Morgan fingerprint density at radius 3 is 1.11 bits per heavy atom. The number of carbonyl (C=O) groups excluding carboxylic acids is 3. The fourth-order valence-corrected chi connectivity index (χ4v) is 7.31. The molecule has 6 heteroatoms. The molecular weight excluding hydrogens is 817 g/mol. The van der Waals surface area contributed by atoms with Crippen molar-refractivity contribution in [2.24, 2.45) is 0 Å². The van der Waals surface area contributed by atoms with Gasteiger partial charge in [0.1, 0.15) is 13.2 Å². The largest absolute Gasteiger partial charge is 0.462 e. The Morgan fingerprint density at radius 1 is 0.333 bits per heavy atom. The molecule has 0 heterocycles. The second-order valence-corrected chi connectivity index (χ2v) is 17.9. The zero-order chi connectivity index (χ0) is 47.9. The van der Waals surface area contributed by atoms with Gasteiger partial charge in [0.25, 0.3) is 0 Å². The third-order valence-corrected chi connectivity index (χ3v) is 11.4. The van der Waals surface area contributed by atoms with Crippen LogP contribution < -0.4 is 0 Å². The Labute approximate surface area is 407 Å². The molecule has 66 heavy (non-hydrogen) atoms. The van der Waals surface area contributed by atoms with E-state index in [1.807, 2.05) is 48.6 Å². The van der Waals surface area contributed by atoms with Crippen LogP contribution in [0.1, 0.15) is 245 Å². The zero-order valence-electron chi connectivity index (χ0n) is 42.9. The maximum absolute atomic E-state index is 12.8. The highest BCUT2D eigenvalue weighted by Gasteiger charge is 2.19. The van der Waals surface area contributed by atoms with Crippen LogP contribution in [0, 0.1) is 0 Å². The fourth-order valence-electron chi connectivity index (χ4n) is 7.31. The third kappa shape index (κ3) is 51.3. The Kier molecular flexibility index (Phi) is 50.9. The number of esters is 3. The van der Waals surface area contributed by atoms with Gasteiger partial charge in [-0.15, -0.1) is 0 Å². The molecule has 0 saturated heterocycles. The van der Waals surface area contributed by atoms with Crippen molar-refractivity contribution in [1.29, 1.82) is 0 Å². The summed E-state index contributed by atoms with van der Waals surface area (Å²) in [4.78, 5) is 38.1. The second kappa shape index (κ2) is 53.9. The van der Waals surface area contributed by atoms with Crippen LogP contribution in [-0.4, -0.2) is 37.2 Å². The number of hydrogen-bond acceptors (Lipinski definition) is 6. The monoisotopic (exact) mass is 917 g/mol. The Bertz CT molecular complexity index is 1330. The van der Waals surface area contributed by atoms with Gasteiger partial charge in [-0.05, 0) is 96.3 Å². The van der Waals surface area contributed by atoms with Gasteiger partial charge < -0.3 is 14.2 Å². The van der Waals surface area contributed by atoms with Crippen LogP contribution >= 0.6 is 0 Å². The lowest BCUT2D eigenvalue weighted by Crippen LogP contribution is -2.30. The van der Waals surface area contributed by atoms with Crippen molar-refractivity contribution in [2.45, 2.75) is 252 Å².